The number of hydrogen-bond donors (Lipinski definition) is 0. The van der Waals surface area contributed by atoms with E-state index in [9.17, 15) is 4.79 Å². The van der Waals surface area contributed by atoms with Gasteiger partial charge < -0.3 is 4.74 Å². The third-order valence-corrected chi connectivity index (χ3v) is 4.33. The zero-order valence-corrected chi connectivity index (χ0v) is 8.03. The third kappa shape index (κ3) is 0.954. The van der Waals surface area contributed by atoms with Crippen LogP contribution in [-0.2, 0) is 9.53 Å². The Morgan fingerprint density at radius 1 is 1.23 bits per heavy atom. The number of ether oxygens (including phenoxy) is 1. The standard InChI is InChI=1S/C11H16O2/c1-13-11-8-3-6-2-7(5-8)10(12)9(11)4-6/h6-9,11H,2-5H2,1H3/t6?,7?,8?,9?,11-/m1/s1. The number of hydrogen-bond acceptors (Lipinski definition) is 2. The molecule has 0 aliphatic heterocycles. The second-order valence-corrected chi connectivity index (χ2v) is 4.98. The summed E-state index contributed by atoms with van der Waals surface area (Å²) in [5, 5.41) is 0. The number of carbonyl (C=O) groups excluding carboxylic acids is 1. The topological polar surface area (TPSA) is 26.3 Å². The maximum Gasteiger partial charge on any atom is 0.141 e. The molecule has 2 nitrogen and oxygen atoms in total. The summed E-state index contributed by atoms with van der Waals surface area (Å²) in [6, 6.07) is 0. The van der Waals surface area contributed by atoms with Gasteiger partial charge in [-0.15, -0.1) is 0 Å². The lowest BCUT2D eigenvalue weighted by Crippen LogP contribution is -2.54. The average molecular weight is 180 g/mol. The highest BCUT2D eigenvalue weighted by molar-refractivity contribution is 5.86. The van der Waals surface area contributed by atoms with Gasteiger partial charge in [-0.05, 0) is 37.5 Å². The fourth-order valence-corrected chi connectivity index (χ4v) is 3.94. The number of carbonyl (C=O) groups is 1. The van der Waals surface area contributed by atoms with Crippen LogP contribution in [0.5, 0.6) is 0 Å². The molecule has 4 bridgehead atoms. The molecule has 4 aliphatic rings. The molecule has 72 valence electrons. The molecule has 4 unspecified atom stereocenters. The number of Topliss-reactive ketones (excluding diaryl/α,β-unsaturated/α-hetero) is 1. The zero-order valence-electron chi connectivity index (χ0n) is 8.03. The van der Waals surface area contributed by atoms with Crippen LogP contribution in [0.25, 0.3) is 0 Å². The van der Waals surface area contributed by atoms with E-state index >= 15 is 0 Å². The van der Waals surface area contributed by atoms with Gasteiger partial charge in [0.25, 0.3) is 0 Å². The summed E-state index contributed by atoms with van der Waals surface area (Å²) in [6.07, 6.45) is 5.00. The fraction of sp³-hybridized carbons (Fsp3) is 0.909. The smallest absolute Gasteiger partial charge is 0.141 e. The number of rotatable bonds is 1. The SMILES string of the molecule is CO[C@@H]1C2CC3CC(C2)C(=O)C1C3. The maximum atomic E-state index is 11.9. The van der Waals surface area contributed by atoms with Crippen molar-refractivity contribution in [2.24, 2.45) is 23.7 Å². The van der Waals surface area contributed by atoms with Gasteiger partial charge in [0.15, 0.2) is 0 Å². The molecule has 4 fully saturated rings. The van der Waals surface area contributed by atoms with Gasteiger partial charge >= 0.3 is 0 Å². The lowest BCUT2D eigenvalue weighted by Gasteiger charge is -2.52. The van der Waals surface area contributed by atoms with Crippen molar-refractivity contribution >= 4 is 5.78 Å². The first-order valence-electron chi connectivity index (χ1n) is 5.36. The van der Waals surface area contributed by atoms with E-state index in [0.717, 1.165) is 18.8 Å². The Hall–Kier alpha value is -0.370. The molecule has 0 spiro atoms. The van der Waals surface area contributed by atoms with Crippen LogP contribution in [-0.4, -0.2) is 19.0 Å². The van der Waals surface area contributed by atoms with Gasteiger partial charge in [-0.3, -0.25) is 4.79 Å². The summed E-state index contributed by atoms with van der Waals surface area (Å²) >= 11 is 0. The van der Waals surface area contributed by atoms with Crippen molar-refractivity contribution in [2.75, 3.05) is 7.11 Å². The lowest BCUT2D eigenvalue weighted by molar-refractivity contribution is -0.158. The second kappa shape index (κ2) is 2.57. The van der Waals surface area contributed by atoms with Crippen LogP contribution in [0.1, 0.15) is 25.7 Å². The van der Waals surface area contributed by atoms with Gasteiger partial charge in [-0.1, -0.05) is 0 Å². The van der Waals surface area contributed by atoms with Gasteiger partial charge in [0, 0.05) is 18.9 Å². The summed E-state index contributed by atoms with van der Waals surface area (Å²) in [4.78, 5) is 11.9. The largest absolute Gasteiger partial charge is 0.380 e. The highest BCUT2D eigenvalue weighted by Gasteiger charge is 2.53. The Morgan fingerprint density at radius 2 is 2.08 bits per heavy atom. The zero-order chi connectivity index (χ0) is 9.00. The Labute approximate surface area is 78.6 Å². The van der Waals surface area contributed by atoms with Crippen molar-refractivity contribution in [2.45, 2.75) is 31.8 Å². The Bertz CT molecular complexity index is 248. The van der Waals surface area contributed by atoms with Crippen molar-refractivity contribution in [1.29, 1.82) is 0 Å². The normalized spacial score (nSPS) is 53.0. The van der Waals surface area contributed by atoms with E-state index in [1.807, 2.05) is 0 Å². The molecule has 13 heavy (non-hydrogen) atoms. The van der Waals surface area contributed by atoms with Crippen LogP contribution in [0.15, 0.2) is 0 Å². The Morgan fingerprint density at radius 3 is 2.85 bits per heavy atom. The van der Waals surface area contributed by atoms with Crippen molar-refractivity contribution in [3.05, 3.63) is 0 Å². The predicted octanol–water partition coefficient (Wildman–Crippen LogP) is 1.64. The van der Waals surface area contributed by atoms with Crippen LogP contribution in [0.4, 0.5) is 0 Å². The maximum absolute atomic E-state index is 11.9. The van der Waals surface area contributed by atoms with Crippen LogP contribution >= 0.6 is 0 Å². The summed E-state index contributed by atoms with van der Waals surface area (Å²) in [5.41, 5.74) is 0. The van der Waals surface area contributed by atoms with E-state index in [1.54, 1.807) is 7.11 Å². The summed E-state index contributed by atoms with van der Waals surface area (Å²) in [6.45, 7) is 0. The molecule has 2 heteroatoms. The molecule has 0 aromatic carbocycles. The molecule has 4 rings (SSSR count). The molecule has 0 saturated heterocycles. The van der Waals surface area contributed by atoms with E-state index in [4.69, 9.17) is 4.74 Å². The van der Waals surface area contributed by atoms with Gasteiger partial charge in [0.2, 0.25) is 0 Å². The van der Waals surface area contributed by atoms with Crippen LogP contribution in [0.3, 0.4) is 0 Å². The Balaban J connectivity index is 1.94. The first-order chi connectivity index (χ1) is 6.29. The molecular formula is C11H16O2. The molecule has 4 aliphatic carbocycles. The van der Waals surface area contributed by atoms with Crippen LogP contribution in [0.2, 0.25) is 0 Å². The van der Waals surface area contributed by atoms with Crippen molar-refractivity contribution < 1.29 is 9.53 Å². The number of ketones is 1. The summed E-state index contributed by atoms with van der Waals surface area (Å²) in [5.74, 6) is 2.73. The molecule has 5 atom stereocenters. The first kappa shape index (κ1) is 7.98. The van der Waals surface area contributed by atoms with Crippen molar-refractivity contribution in [1.82, 2.24) is 0 Å². The minimum Gasteiger partial charge on any atom is -0.380 e. The summed E-state index contributed by atoms with van der Waals surface area (Å²) in [7, 11) is 1.76. The van der Waals surface area contributed by atoms with Gasteiger partial charge in [0.1, 0.15) is 5.78 Å². The minimum atomic E-state index is 0.264. The van der Waals surface area contributed by atoms with Gasteiger partial charge in [-0.2, -0.15) is 0 Å². The predicted molar refractivity (Wildman–Crippen MR) is 48.2 cm³/mol. The highest BCUT2D eigenvalue weighted by atomic mass is 16.5. The average Bonchev–Trinajstić information content (AvgIpc) is 2.13. The molecule has 0 aromatic rings. The molecule has 0 radical (unpaired) electrons. The highest BCUT2D eigenvalue weighted by Crippen LogP contribution is 2.52. The molecule has 0 N–H and O–H groups in total. The monoisotopic (exact) mass is 180 g/mol. The molecular weight excluding hydrogens is 164 g/mol. The lowest BCUT2D eigenvalue weighted by atomic mass is 9.54. The fourth-order valence-electron chi connectivity index (χ4n) is 3.94. The second-order valence-electron chi connectivity index (χ2n) is 4.98. The van der Waals surface area contributed by atoms with E-state index in [1.165, 1.54) is 12.8 Å². The van der Waals surface area contributed by atoms with Crippen molar-refractivity contribution in [3.8, 4) is 0 Å². The van der Waals surface area contributed by atoms with Crippen molar-refractivity contribution in [3.63, 3.8) is 0 Å². The van der Waals surface area contributed by atoms with E-state index < -0.39 is 0 Å². The molecule has 4 saturated carbocycles. The quantitative estimate of drug-likeness (QED) is 0.613. The third-order valence-electron chi connectivity index (χ3n) is 4.33. The van der Waals surface area contributed by atoms with E-state index in [2.05, 4.69) is 0 Å². The van der Waals surface area contributed by atoms with E-state index in [-0.39, 0.29) is 12.0 Å². The molecule has 0 heterocycles. The molecule has 0 aromatic heterocycles. The van der Waals surface area contributed by atoms with Crippen LogP contribution < -0.4 is 0 Å². The minimum absolute atomic E-state index is 0.264. The summed E-state index contributed by atoms with van der Waals surface area (Å²) < 4.78 is 5.48. The Kier molecular flexibility index (Phi) is 1.58. The van der Waals surface area contributed by atoms with Gasteiger partial charge in [0.05, 0.1) is 6.10 Å². The van der Waals surface area contributed by atoms with E-state index in [0.29, 0.717) is 17.6 Å². The number of methoxy groups -OCH3 is 1. The van der Waals surface area contributed by atoms with Gasteiger partial charge in [-0.25, -0.2) is 0 Å². The first-order valence-corrected chi connectivity index (χ1v) is 5.36. The molecule has 0 amide bonds. The van der Waals surface area contributed by atoms with Crippen LogP contribution in [0, 0.1) is 23.7 Å².